The van der Waals surface area contributed by atoms with Crippen LogP contribution >= 0.6 is 0 Å². The van der Waals surface area contributed by atoms with Gasteiger partial charge in [0.1, 0.15) is 5.75 Å². The standard InChI is InChI=1S/C14H13NO2/c1-17-14-6-5-11(8-12(14)10-16)9-13-4-2-3-7-15-13/h2-8,10H,9H2,1H3. The van der Waals surface area contributed by atoms with Gasteiger partial charge in [-0.3, -0.25) is 9.78 Å². The van der Waals surface area contributed by atoms with Crippen LogP contribution in [0.25, 0.3) is 0 Å². The van der Waals surface area contributed by atoms with Gasteiger partial charge in [-0.05, 0) is 29.8 Å². The Labute approximate surface area is 100 Å². The highest BCUT2D eigenvalue weighted by Gasteiger charge is 2.04. The van der Waals surface area contributed by atoms with E-state index >= 15 is 0 Å². The fourth-order valence-electron chi connectivity index (χ4n) is 1.70. The van der Waals surface area contributed by atoms with Crippen LogP contribution in [-0.2, 0) is 6.42 Å². The van der Waals surface area contributed by atoms with Crippen LogP contribution in [0.2, 0.25) is 0 Å². The first kappa shape index (κ1) is 11.3. The molecule has 0 aliphatic rings. The van der Waals surface area contributed by atoms with Gasteiger partial charge in [0, 0.05) is 18.3 Å². The molecule has 0 fully saturated rings. The van der Waals surface area contributed by atoms with E-state index in [-0.39, 0.29) is 0 Å². The quantitative estimate of drug-likeness (QED) is 0.753. The summed E-state index contributed by atoms with van der Waals surface area (Å²) in [4.78, 5) is 15.1. The Morgan fingerprint density at radius 3 is 2.82 bits per heavy atom. The predicted molar refractivity (Wildman–Crippen MR) is 65.4 cm³/mol. The molecule has 0 N–H and O–H groups in total. The van der Waals surface area contributed by atoms with Crippen LogP contribution in [-0.4, -0.2) is 18.4 Å². The van der Waals surface area contributed by atoms with Crippen molar-refractivity contribution in [3.8, 4) is 5.75 Å². The van der Waals surface area contributed by atoms with Gasteiger partial charge in [-0.2, -0.15) is 0 Å². The average molecular weight is 227 g/mol. The highest BCUT2D eigenvalue weighted by molar-refractivity contribution is 5.79. The zero-order chi connectivity index (χ0) is 12.1. The topological polar surface area (TPSA) is 39.2 Å². The maximum Gasteiger partial charge on any atom is 0.153 e. The Bertz CT molecular complexity index is 509. The number of hydrogen-bond acceptors (Lipinski definition) is 3. The van der Waals surface area contributed by atoms with Gasteiger partial charge in [0.05, 0.1) is 12.7 Å². The Kier molecular flexibility index (Phi) is 3.50. The number of methoxy groups -OCH3 is 1. The van der Waals surface area contributed by atoms with Crippen molar-refractivity contribution >= 4 is 6.29 Å². The minimum Gasteiger partial charge on any atom is -0.496 e. The average Bonchev–Trinajstić information content (AvgIpc) is 2.40. The van der Waals surface area contributed by atoms with Gasteiger partial charge in [0.2, 0.25) is 0 Å². The lowest BCUT2D eigenvalue weighted by Gasteiger charge is -2.06. The lowest BCUT2D eigenvalue weighted by molar-refractivity contribution is 0.112. The molecule has 0 amide bonds. The number of carbonyl (C=O) groups excluding carboxylic acids is 1. The zero-order valence-corrected chi connectivity index (χ0v) is 9.59. The Morgan fingerprint density at radius 2 is 2.18 bits per heavy atom. The molecule has 1 heterocycles. The number of aldehydes is 1. The molecule has 0 unspecified atom stereocenters. The van der Waals surface area contributed by atoms with Crippen LogP contribution < -0.4 is 4.74 Å². The van der Waals surface area contributed by atoms with Crippen molar-refractivity contribution in [2.75, 3.05) is 7.11 Å². The smallest absolute Gasteiger partial charge is 0.153 e. The number of aromatic nitrogens is 1. The van der Waals surface area contributed by atoms with Crippen molar-refractivity contribution in [3.05, 3.63) is 59.4 Å². The van der Waals surface area contributed by atoms with Gasteiger partial charge in [-0.15, -0.1) is 0 Å². The molecular weight excluding hydrogens is 214 g/mol. The highest BCUT2D eigenvalue weighted by Crippen LogP contribution is 2.19. The molecule has 0 radical (unpaired) electrons. The van der Waals surface area contributed by atoms with E-state index in [0.29, 0.717) is 17.7 Å². The molecule has 0 spiro atoms. The first-order chi connectivity index (χ1) is 8.33. The van der Waals surface area contributed by atoms with Crippen molar-refractivity contribution in [1.82, 2.24) is 4.98 Å². The number of hydrogen-bond donors (Lipinski definition) is 0. The number of benzene rings is 1. The van der Waals surface area contributed by atoms with E-state index in [1.165, 1.54) is 0 Å². The van der Waals surface area contributed by atoms with E-state index in [2.05, 4.69) is 4.98 Å². The highest BCUT2D eigenvalue weighted by atomic mass is 16.5. The number of pyridine rings is 1. The monoisotopic (exact) mass is 227 g/mol. The van der Waals surface area contributed by atoms with Gasteiger partial charge in [0.15, 0.2) is 6.29 Å². The molecule has 0 aliphatic carbocycles. The molecule has 1 aromatic heterocycles. The predicted octanol–water partition coefficient (Wildman–Crippen LogP) is 2.49. The lowest BCUT2D eigenvalue weighted by atomic mass is 10.1. The van der Waals surface area contributed by atoms with E-state index in [1.54, 1.807) is 13.3 Å². The molecule has 0 saturated heterocycles. The Hall–Kier alpha value is -2.16. The molecule has 2 rings (SSSR count). The summed E-state index contributed by atoms with van der Waals surface area (Å²) in [5.74, 6) is 0.602. The lowest BCUT2D eigenvalue weighted by Crippen LogP contribution is -1.95. The molecule has 86 valence electrons. The summed E-state index contributed by atoms with van der Waals surface area (Å²) < 4.78 is 5.09. The molecule has 0 atom stereocenters. The third kappa shape index (κ3) is 2.69. The van der Waals surface area contributed by atoms with Crippen molar-refractivity contribution in [2.45, 2.75) is 6.42 Å². The molecule has 17 heavy (non-hydrogen) atoms. The summed E-state index contributed by atoms with van der Waals surface area (Å²) in [6, 6.07) is 11.4. The third-order valence-corrected chi connectivity index (χ3v) is 2.53. The molecular formula is C14H13NO2. The van der Waals surface area contributed by atoms with Crippen molar-refractivity contribution < 1.29 is 9.53 Å². The van der Waals surface area contributed by atoms with Gasteiger partial charge in [-0.1, -0.05) is 12.1 Å². The van der Waals surface area contributed by atoms with Crippen LogP contribution in [0.3, 0.4) is 0 Å². The largest absolute Gasteiger partial charge is 0.496 e. The molecule has 1 aromatic carbocycles. The fraction of sp³-hybridized carbons (Fsp3) is 0.143. The van der Waals surface area contributed by atoms with E-state index < -0.39 is 0 Å². The normalized spacial score (nSPS) is 9.94. The van der Waals surface area contributed by atoms with Crippen LogP contribution in [0.1, 0.15) is 21.6 Å². The SMILES string of the molecule is COc1ccc(Cc2ccccn2)cc1C=O. The second kappa shape index (κ2) is 5.25. The van der Waals surface area contributed by atoms with E-state index in [9.17, 15) is 4.79 Å². The van der Waals surface area contributed by atoms with Crippen LogP contribution in [0.15, 0.2) is 42.6 Å². The second-order valence-electron chi connectivity index (χ2n) is 3.69. The summed E-state index contributed by atoms with van der Waals surface area (Å²) >= 11 is 0. The van der Waals surface area contributed by atoms with Gasteiger partial charge in [-0.25, -0.2) is 0 Å². The van der Waals surface area contributed by atoms with Crippen LogP contribution in [0, 0.1) is 0 Å². The van der Waals surface area contributed by atoms with Gasteiger partial charge < -0.3 is 4.74 Å². The summed E-state index contributed by atoms with van der Waals surface area (Å²) in [7, 11) is 1.56. The molecule has 0 bridgehead atoms. The van der Waals surface area contributed by atoms with Gasteiger partial charge in [0.25, 0.3) is 0 Å². The van der Waals surface area contributed by atoms with Crippen LogP contribution in [0.5, 0.6) is 5.75 Å². The summed E-state index contributed by atoms with van der Waals surface area (Å²) in [6.45, 7) is 0. The minimum absolute atomic E-state index is 0.570. The Balaban J connectivity index is 2.25. The summed E-state index contributed by atoms with van der Waals surface area (Å²) in [5.41, 5.74) is 2.60. The number of ether oxygens (including phenoxy) is 1. The first-order valence-electron chi connectivity index (χ1n) is 5.35. The summed E-state index contributed by atoms with van der Waals surface area (Å²) in [6.07, 6.45) is 3.28. The number of nitrogens with zero attached hydrogens (tertiary/aromatic N) is 1. The van der Waals surface area contributed by atoms with Crippen molar-refractivity contribution in [2.24, 2.45) is 0 Å². The zero-order valence-electron chi connectivity index (χ0n) is 9.59. The van der Waals surface area contributed by atoms with E-state index in [4.69, 9.17) is 4.74 Å². The second-order valence-corrected chi connectivity index (χ2v) is 3.69. The summed E-state index contributed by atoms with van der Waals surface area (Å²) in [5, 5.41) is 0. The van der Waals surface area contributed by atoms with Crippen molar-refractivity contribution in [1.29, 1.82) is 0 Å². The molecule has 2 aromatic rings. The van der Waals surface area contributed by atoms with E-state index in [0.717, 1.165) is 17.5 Å². The molecule has 3 nitrogen and oxygen atoms in total. The number of carbonyl (C=O) groups is 1. The number of rotatable bonds is 4. The van der Waals surface area contributed by atoms with Crippen LogP contribution in [0.4, 0.5) is 0 Å². The third-order valence-electron chi connectivity index (χ3n) is 2.53. The maximum absolute atomic E-state index is 10.9. The van der Waals surface area contributed by atoms with Crippen molar-refractivity contribution in [3.63, 3.8) is 0 Å². The van der Waals surface area contributed by atoms with Gasteiger partial charge >= 0.3 is 0 Å². The maximum atomic E-state index is 10.9. The first-order valence-corrected chi connectivity index (χ1v) is 5.35. The Morgan fingerprint density at radius 1 is 1.29 bits per heavy atom. The fourth-order valence-corrected chi connectivity index (χ4v) is 1.70. The molecule has 0 aliphatic heterocycles. The minimum atomic E-state index is 0.570. The molecule has 3 heteroatoms. The molecule has 0 saturated carbocycles. The van der Waals surface area contributed by atoms with E-state index in [1.807, 2.05) is 36.4 Å².